The van der Waals surface area contributed by atoms with Crippen molar-refractivity contribution in [3.63, 3.8) is 0 Å². The van der Waals surface area contributed by atoms with Crippen molar-refractivity contribution in [3.05, 3.63) is 0 Å². The summed E-state index contributed by atoms with van der Waals surface area (Å²) < 4.78 is 5.36. The summed E-state index contributed by atoms with van der Waals surface area (Å²) in [6, 6.07) is 0. The summed E-state index contributed by atoms with van der Waals surface area (Å²) in [6.45, 7) is 6.88. The second kappa shape index (κ2) is 8.74. The second-order valence-corrected chi connectivity index (χ2v) is 5.38. The van der Waals surface area contributed by atoms with E-state index in [1.54, 1.807) is 0 Å². The number of piperazine rings is 1. The molecule has 0 aromatic heterocycles. The highest BCUT2D eigenvalue weighted by molar-refractivity contribution is 5.85. The first-order valence-electron chi connectivity index (χ1n) is 7.00. The maximum Gasteiger partial charge on any atom is 0.236 e. The molecule has 0 aliphatic carbocycles. The van der Waals surface area contributed by atoms with Gasteiger partial charge in [0, 0.05) is 45.9 Å². The summed E-state index contributed by atoms with van der Waals surface area (Å²) in [6.07, 6.45) is 2.26. The topological polar surface area (TPSA) is 44.8 Å². The zero-order chi connectivity index (χ0) is 12.8. The van der Waals surface area contributed by atoms with Gasteiger partial charge in [0.15, 0.2) is 0 Å². The number of ether oxygens (including phenoxy) is 1. The van der Waals surface area contributed by atoms with Gasteiger partial charge in [-0.05, 0) is 25.8 Å². The molecule has 0 radical (unpaired) electrons. The van der Waals surface area contributed by atoms with Crippen LogP contribution in [0.25, 0.3) is 0 Å². The molecule has 1 N–H and O–H groups in total. The van der Waals surface area contributed by atoms with E-state index in [9.17, 15) is 4.79 Å². The van der Waals surface area contributed by atoms with Crippen molar-refractivity contribution >= 4 is 18.3 Å². The molecule has 2 heterocycles. The molecule has 2 saturated heterocycles. The van der Waals surface area contributed by atoms with Crippen LogP contribution in [0.2, 0.25) is 0 Å². The highest BCUT2D eigenvalue weighted by Gasteiger charge is 2.20. The van der Waals surface area contributed by atoms with Gasteiger partial charge in [0.05, 0.1) is 6.54 Å². The van der Waals surface area contributed by atoms with E-state index in [0.29, 0.717) is 12.5 Å². The van der Waals surface area contributed by atoms with E-state index in [1.165, 1.54) is 0 Å². The maximum absolute atomic E-state index is 12.1. The Morgan fingerprint density at radius 2 is 1.95 bits per heavy atom. The summed E-state index contributed by atoms with van der Waals surface area (Å²) in [5.41, 5.74) is 0. The maximum atomic E-state index is 12.1. The first-order chi connectivity index (χ1) is 8.75. The van der Waals surface area contributed by atoms with E-state index >= 15 is 0 Å². The Morgan fingerprint density at radius 3 is 2.58 bits per heavy atom. The van der Waals surface area contributed by atoms with Crippen molar-refractivity contribution in [2.75, 3.05) is 59.5 Å². The molecule has 0 aromatic carbocycles. The lowest BCUT2D eigenvalue weighted by Gasteiger charge is -2.31. The minimum atomic E-state index is 0. The van der Waals surface area contributed by atoms with Crippen LogP contribution in [0.1, 0.15) is 12.8 Å². The Kier molecular flexibility index (Phi) is 7.68. The fourth-order valence-electron chi connectivity index (χ4n) is 2.68. The largest absolute Gasteiger partial charge is 0.381 e. The van der Waals surface area contributed by atoms with Gasteiger partial charge in [0.2, 0.25) is 5.91 Å². The predicted molar refractivity (Wildman–Crippen MR) is 77.7 cm³/mol. The van der Waals surface area contributed by atoms with E-state index < -0.39 is 0 Å². The van der Waals surface area contributed by atoms with Crippen LogP contribution in [-0.2, 0) is 9.53 Å². The number of carbonyl (C=O) groups excluding carboxylic acids is 1. The predicted octanol–water partition coefficient (Wildman–Crippen LogP) is 0.198. The number of likely N-dealkylation sites (N-methyl/N-ethyl adjacent to an activating group) is 1. The number of hydrogen-bond donors (Lipinski definition) is 1. The first kappa shape index (κ1) is 16.7. The van der Waals surface area contributed by atoms with Crippen molar-refractivity contribution in [1.29, 1.82) is 0 Å². The number of carbonyl (C=O) groups is 1. The number of halogens is 1. The molecule has 2 fully saturated rings. The third kappa shape index (κ3) is 5.65. The molecule has 0 unspecified atom stereocenters. The Hall–Kier alpha value is -0.360. The van der Waals surface area contributed by atoms with Crippen molar-refractivity contribution in [3.8, 4) is 0 Å². The molecule has 2 aliphatic rings. The lowest BCUT2D eigenvalue weighted by molar-refractivity contribution is -0.132. The Morgan fingerprint density at radius 1 is 1.32 bits per heavy atom. The van der Waals surface area contributed by atoms with E-state index in [4.69, 9.17) is 4.74 Å². The lowest BCUT2D eigenvalue weighted by Crippen LogP contribution is -2.49. The number of nitrogens with zero attached hydrogens (tertiary/aromatic N) is 2. The van der Waals surface area contributed by atoms with Gasteiger partial charge in [-0.3, -0.25) is 9.69 Å². The zero-order valence-electron chi connectivity index (χ0n) is 11.8. The number of rotatable bonds is 4. The highest BCUT2D eigenvalue weighted by Crippen LogP contribution is 2.15. The molecule has 1 amide bonds. The van der Waals surface area contributed by atoms with Crippen LogP contribution >= 0.6 is 12.4 Å². The van der Waals surface area contributed by atoms with Gasteiger partial charge in [-0.2, -0.15) is 0 Å². The average Bonchev–Trinajstić information content (AvgIpc) is 2.40. The van der Waals surface area contributed by atoms with Gasteiger partial charge in [0.1, 0.15) is 0 Å². The lowest BCUT2D eigenvalue weighted by atomic mass is 10.00. The molecule has 0 atom stereocenters. The molecule has 0 spiro atoms. The minimum Gasteiger partial charge on any atom is -0.381 e. The molecule has 0 aromatic rings. The fourth-order valence-corrected chi connectivity index (χ4v) is 2.68. The molecule has 2 aliphatic heterocycles. The molecule has 112 valence electrons. The molecule has 0 bridgehead atoms. The summed E-state index contributed by atoms with van der Waals surface area (Å²) in [7, 11) is 2.05. The Labute approximate surface area is 122 Å². The van der Waals surface area contributed by atoms with Gasteiger partial charge in [-0.1, -0.05) is 0 Å². The van der Waals surface area contributed by atoms with E-state index in [0.717, 1.165) is 58.8 Å². The van der Waals surface area contributed by atoms with Crippen LogP contribution in [0.4, 0.5) is 0 Å². The minimum absolute atomic E-state index is 0. The van der Waals surface area contributed by atoms with Gasteiger partial charge in [-0.15, -0.1) is 12.4 Å². The number of hydrogen-bond acceptors (Lipinski definition) is 4. The smallest absolute Gasteiger partial charge is 0.236 e. The summed E-state index contributed by atoms with van der Waals surface area (Å²) in [5, 5.41) is 3.27. The molecular formula is C13H26ClN3O2. The van der Waals surface area contributed by atoms with Crippen LogP contribution in [0, 0.1) is 5.92 Å². The Balaban J connectivity index is 0.00000180. The molecular weight excluding hydrogens is 266 g/mol. The average molecular weight is 292 g/mol. The molecule has 19 heavy (non-hydrogen) atoms. The van der Waals surface area contributed by atoms with E-state index in [-0.39, 0.29) is 18.3 Å². The SMILES string of the molecule is CN(CC(=O)N1CCNCC1)CC1CCOCC1.Cl. The van der Waals surface area contributed by atoms with Crippen LogP contribution in [-0.4, -0.2) is 75.2 Å². The van der Waals surface area contributed by atoms with Crippen LogP contribution in [0.3, 0.4) is 0 Å². The van der Waals surface area contributed by atoms with Crippen molar-refractivity contribution < 1.29 is 9.53 Å². The fraction of sp³-hybridized carbons (Fsp3) is 0.923. The monoisotopic (exact) mass is 291 g/mol. The molecule has 5 nitrogen and oxygen atoms in total. The molecule has 0 saturated carbocycles. The van der Waals surface area contributed by atoms with Crippen LogP contribution in [0.15, 0.2) is 0 Å². The van der Waals surface area contributed by atoms with E-state index in [2.05, 4.69) is 17.3 Å². The highest BCUT2D eigenvalue weighted by atomic mass is 35.5. The zero-order valence-corrected chi connectivity index (χ0v) is 12.6. The normalized spacial score (nSPS) is 21.3. The van der Waals surface area contributed by atoms with Crippen molar-refractivity contribution in [1.82, 2.24) is 15.1 Å². The van der Waals surface area contributed by atoms with Crippen LogP contribution in [0.5, 0.6) is 0 Å². The summed E-state index contributed by atoms with van der Waals surface area (Å²) >= 11 is 0. The third-order valence-corrected chi connectivity index (χ3v) is 3.79. The second-order valence-electron chi connectivity index (χ2n) is 5.38. The van der Waals surface area contributed by atoms with Gasteiger partial charge in [0.25, 0.3) is 0 Å². The Bertz CT molecular complexity index is 267. The van der Waals surface area contributed by atoms with Crippen molar-refractivity contribution in [2.24, 2.45) is 5.92 Å². The number of nitrogens with one attached hydrogen (secondary N) is 1. The van der Waals surface area contributed by atoms with Gasteiger partial charge in [-0.25, -0.2) is 0 Å². The third-order valence-electron chi connectivity index (χ3n) is 3.79. The molecule has 2 rings (SSSR count). The quantitative estimate of drug-likeness (QED) is 0.804. The van der Waals surface area contributed by atoms with Gasteiger partial charge >= 0.3 is 0 Å². The summed E-state index contributed by atoms with van der Waals surface area (Å²) in [5.74, 6) is 0.964. The van der Waals surface area contributed by atoms with Crippen LogP contribution < -0.4 is 5.32 Å². The molecule has 6 heteroatoms. The first-order valence-corrected chi connectivity index (χ1v) is 7.00. The van der Waals surface area contributed by atoms with Crippen molar-refractivity contribution in [2.45, 2.75) is 12.8 Å². The summed E-state index contributed by atoms with van der Waals surface area (Å²) in [4.78, 5) is 16.2. The standard InChI is InChI=1S/C13H25N3O2.ClH/c1-15(10-12-2-8-18-9-3-12)11-13(17)16-6-4-14-5-7-16;/h12,14H,2-11H2,1H3;1H. The number of amides is 1. The van der Waals surface area contributed by atoms with E-state index in [1.807, 2.05) is 4.90 Å². The van der Waals surface area contributed by atoms with Gasteiger partial charge < -0.3 is 15.0 Å².